The number of fused-ring (bicyclic) bond motifs is 7. The van der Waals surface area contributed by atoms with E-state index in [0.29, 0.717) is 17.4 Å². The van der Waals surface area contributed by atoms with E-state index in [1.807, 2.05) is 18.2 Å². The van der Waals surface area contributed by atoms with Gasteiger partial charge in [-0.3, -0.25) is 4.57 Å². The molecular formula is C40H34N2S. The van der Waals surface area contributed by atoms with Crippen LogP contribution >= 0.6 is 11.3 Å². The van der Waals surface area contributed by atoms with Crippen LogP contribution in [-0.2, 0) is 0 Å². The Bertz CT molecular complexity index is 2450. The van der Waals surface area contributed by atoms with Gasteiger partial charge in [-0.05, 0) is 87.3 Å². The van der Waals surface area contributed by atoms with Gasteiger partial charge >= 0.3 is 0 Å². The molecule has 8 aromatic rings. The largest absolute Gasteiger partial charge is 0.292 e. The summed E-state index contributed by atoms with van der Waals surface area (Å²) in [7, 11) is 0. The lowest BCUT2D eigenvalue weighted by Crippen LogP contribution is -2.08. The van der Waals surface area contributed by atoms with Crippen molar-refractivity contribution >= 4 is 64.1 Å². The van der Waals surface area contributed by atoms with Crippen LogP contribution in [-0.4, -0.2) is 9.55 Å². The summed E-state index contributed by atoms with van der Waals surface area (Å²) in [5.74, 6) is 1.43. The molecule has 6 aromatic carbocycles. The predicted molar refractivity (Wildman–Crippen MR) is 187 cm³/mol. The number of nitrogens with zero attached hydrogens (tertiary/aromatic N) is 2. The highest BCUT2D eigenvalue weighted by molar-refractivity contribution is 7.26. The average Bonchev–Trinajstić information content (AvgIpc) is 3.60. The summed E-state index contributed by atoms with van der Waals surface area (Å²) in [6, 6.07) is 35.9. The number of thiophene rings is 1. The molecule has 0 N–H and O–H groups in total. The Hall–Kier alpha value is -4.47. The fourth-order valence-electron chi connectivity index (χ4n) is 6.76. The van der Waals surface area contributed by atoms with Crippen molar-refractivity contribution in [2.45, 2.75) is 46.4 Å². The van der Waals surface area contributed by atoms with E-state index in [2.05, 4.69) is 117 Å². The third-order valence-electron chi connectivity index (χ3n) is 8.85. The van der Waals surface area contributed by atoms with Crippen molar-refractivity contribution in [3.63, 3.8) is 0 Å². The van der Waals surface area contributed by atoms with Gasteiger partial charge in [0, 0.05) is 29.8 Å². The van der Waals surface area contributed by atoms with Gasteiger partial charge < -0.3 is 0 Å². The van der Waals surface area contributed by atoms with Gasteiger partial charge in [-0.1, -0.05) is 100 Å². The van der Waals surface area contributed by atoms with Crippen molar-refractivity contribution in [1.29, 1.82) is 0 Å². The minimum absolute atomic E-state index is 0.298. The van der Waals surface area contributed by atoms with Crippen LogP contribution < -0.4 is 0 Å². The molecule has 0 saturated heterocycles. The van der Waals surface area contributed by atoms with Gasteiger partial charge in [0.05, 0.1) is 16.7 Å². The molecule has 8 rings (SSSR count). The molecule has 0 unspecified atom stereocenters. The summed E-state index contributed by atoms with van der Waals surface area (Å²) in [5.41, 5.74) is 6.98. The Labute approximate surface area is 260 Å². The van der Waals surface area contributed by atoms with E-state index < -0.39 is 6.85 Å². The van der Waals surface area contributed by atoms with Gasteiger partial charge in [0.25, 0.3) is 0 Å². The minimum atomic E-state index is -2.27. The summed E-state index contributed by atoms with van der Waals surface area (Å²) in [6.07, 6.45) is 0. The smallest absolute Gasteiger partial charge is 0.147 e. The van der Waals surface area contributed by atoms with E-state index in [1.165, 1.54) is 27.6 Å². The number of benzene rings is 6. The molecule has 3 heteroatoms. The highest BCUT2D eigenvalue weighted by Gasteiger charge is 2.24. The van der Waals surface area contributed by atoms with Crippen LogP contribution in [0.25, 0.3) is 69.8 Å². The highest BCUT2D eigenvalue weighted by Crippen LogP contribution is 2.45. The molecule has 2 aromatic heterocycles. The van der Waals surface area contributed by atoms with Crippen molar-refractivity contribution in [3.8, 4) is 17.1 Å². The van der Waals surface area contributed by atoms with Gasteiger partial charge in [0.15, 0.2) is 0 Å². The lowest BCUT2D eigenvalue weighted by atomic mass is 9.92. The zero-order valence-corrected chi connectivity index (χ0v) is 25.6. The highest BCUT2D eigenvalue weighted by atomic mass is 32.1. The summed E-state index contributed by atoms with van der Waals surface area (Å²) in [6.45, 7) is 6.70. The van der Waals surface area contributed by atoms with Gasteiger partial charge in [0.2, 0.25) is 0 Å². The molecular weight excluding hydrogens is 541 g/mol. The third-order valence-corrected chi connectivity index (χ3v) is 10.0. The van der Waals surface area contributed by atoms with Crippen molar-refractivity contribution in [2.75, 3.05) is 0 Å². The van der Waals surface area contributed by atoms with Crippen molar-refractivity contribution < 1.29 is 4.11 Å². The van der Waals surface area contributed by atoms with E-state index in [9.17, 15) is 0 Å². The van der Waals surface area contributed by atoms with Crippen LogP contribution in [0.2, 0.25) is 0 Å². The van der Waals surface area contributed by atoms with E-state index in [1.54, 1.807) is 11.3 Å². The Kier molecular flexibility index (Phi) is 5.25. The van der Waals surface area contributed by atoms with Crippen LogP contribution in [0.5, 0.6) is 0 Å². The molecule has 0 radical (unpaired) electrons. The second kappa shape index (κ2) is 9.79. The molecule has 0 aliphatic rings. The number of para-hydroxylation sites is 3. The molecule has 2 nitrogen and oxygen atoms in total. The number of aryl methyl sites for hydroxylation is 1. The van der Waals surface area contributed by atoms with Crippen LogP contribution in [0.15, 0.2) is 103 Å². The monoisotopic (exact) mass is 577 g/mol. The Morgan fingerprint density at radius 3 is 2.23 bits per heavy atom. The Morgan fingerprint density at radius 1 is 0.698 bits per heavy atom. The van der Waals surface area contributed by atoms with Crippen molar-refractivity contribution in [2.24, 2.45) is 0 Å². The average molecular weight is 578 g/mol. The van der Waals surface area contributed by atoms with Crippen LogP contribution in [0.3, 0.4) is 0 Å². The minimum Gasteiger partial charge on any atom is -0.292 e. The Morgan fingerprint density at radius 2 is 1.44 bits per heavy atom. The fraction of sp³-hybridized carbons (Fsp3) is 0.175. The maximum Gasteiger partial charge on any atom is 0.147 e. The predicted octanol–water partition coefficient (Wildman–Crippen LogP) is 11.9. The molecule has 210 valence electrons. The number of hydrogen-bond acceptors (Lipinski definition) is 2. The quantitative estimate of drug-likeness (QED) is 0.190. The molecule has 0 aliphatic heterocycles. The third kappa shape index (κ3) is 3.95. The molecule has 0 spiro atoms. The van der Waals surface area contributed by atoms with Gasteiger partial charge in [0.1, 0.15) is 5.82 Å². The first-order chi connectivity index (χ1) is 22.1. The van der Waals surface area contributed by atoms with Crippen LogP contribution in [0, 0.1) is 6.85 Å². The zero-order valence-electron chi connectivity index (χ0n) is 27.8. The van der Waals surface area contributed by atoms with Crippen LogP contribution in [0.1, 0.15) is 60.3 Å². The first-order valence-corrected chi connectivity index (χ1v) is 15.9. The van der Waals surface area contributed by atoms with Crippen molar-refractivity contribution in [1.82, 2.24) is 9.55 Å². The molecule has 0 amide bonds. The first-order valence-electron chi connectivity index (χ1n) is 16.5. The summed E-state index contributed by atoms with van der Waals surface area (Å²) >= 11 is 1.67. The molecule has 2 heterocycles. The Balaban J connectivity index is 1.53. The summed E-state index contributed by atoms with van der Waals surface area (Å²) in [5, 5.41) is 6.39. The topological polar surface area (TPSA) is 17.8 Å². The standard InChI is InChI=1S/C40H34N2S/c1-23(2)28-13-10-14-29(24(3)4)38(28)42-35-16-9-8-15-34(35)41-40(42)31-20-17-25(5)37-33-22-32-27(21-36(33)43-39(31)37)19-18-26-11-6-7-12-30(26)32/h6-24H,1-5H3/i5D3. The summed E-state index contributed by atoms with van der Waals surface area (Å²) < 4.78 is 30.1. The van der Waals surface area contributed by atoms with Gasteiger partial charge in [-0.15, -0.1) is 11.3 Å². The van der Waals surface area contributed by atoms with E-state index >= 15 is 0 Å². The molecule has 0 bridgehead atoms. The SMILES string of the molecule is [2H]C([2H])([2H])c1ccc(-c2nc3ccccc3n2-c2c(C(C)C)cccc2C(C)C)c2sc3cc4ccc5ccccc5c4cc3c12. The van der Waals surface area contributed by atoms with E-state index in [4.69, 9.17) is 9.10 Å². The second-order valence-corrected chi connectivity index (χ2v) is 13.2. The van der Waals surface area contributed by atoms with Crippen molar-refractivity contribution in [3.05, 3.63) is 120 Å². The molecule has 0 aliphatic carbocycles. The van der Waals surface area contributed by atoms with Gasteiger partial charge in [-0.2, -0.15) is 0 Å². The molecule has 43 heavy (non-hydrogen) atoms. The van der Waals surface area contributed by atoms with E-state index in [0.717, 1.165) is 53.4 Å². The number of rotatable bonds is 4. The van der Waals surface area contributed by atoms with Crippen LogP contribution in [0.4, 0.5) is 0 Å². The second-order valence-electron chi connectivity index (χ2n) is 12.2. The van der Waals surface area contributed by atoms with E-state index in [-0.39, 0.29) is 0 Å². The molecule has 0 saturated carbocycles. The number of hydrogen-bond donors (Lipinski definition) is 0. The van der Waals surface area contributed by atoms with Gasteiger partial charge in [-0.25, -0.2) is 4.98 Å². The summed E-state index contributed by atoms with van der Waals surface area (Å²) in [4.78, 5) is 5.30. The lowest BCUT2D eigenvalue weighted by molar-refractivity contribution is 0.811. The number of aromatic nitrogens is 2. The fourth-order valence-corrected chi connectivity index (χ4v) is 8.03. The maximum absolute atomic E-state index is 8.57. The lowest BCUT2D eigenvalue weighted by Gasteiger charge is -2.22. The maximum atomic E-state index is 8.57. The first kappa shape index (κ1) is 23.0. The normalized spacial score (nSPS) is 13.6. The molecule has 0 fully saturated rings. The molecule has 0 atom stereocenters. The zero-order chi connectivity index (χ0) is 31.9. The number of imidazole rings is 1.